The summed E-state index contributed by atoms with van der Waals surface area (Å²) in [5, 5.41) is 3.96. The number of carbonyl (C=O) groups excluding carboxylic acids is 1. The fourth-order valence-corrected chi connectivity index (χ4v) is 2.94. The van der Waals surface area contributed by atoms with Crippen LogP contribution < -0.4 is 0 Å². The van der Waals surface area contributed by atoms with Crippen molar-refractivity contribution in [3.63, 3.8) is 0 Å². The highest BCUT2D eigenvalue weighted by molar-refractivity contribution is 5.91. The van der Waals surface area contributed by atoms with E-state index in [-0.39, 0.29) is 18.6 Å². The molecular weight excluding hydrogens is 336 g/mol. The molecule has 0 bridgehead atoms. The molecule has 1 atom stereocenters. The maximum absolute atomic E-state index is 12.4. The maximum atomic E-state index is 12.4. The van der Waals surface area contributed by atoms with Crippen molar-refractivity contribution in [2.24, 2.45) is 0 Å². The summed E-state index contributed by atoms with van der Waals surface area (Å²) in [6.45, 7) is 1.43. The van der Waals surface area contributed by atoms with Crippen LogP contribution in [0.4, 0.5) is 0 Å². The molecular formula is C18H18N4O4. The van der Waals surface area contributed by atoms with Crippen LogP contribution in [0.3, 0.4) is 0 Å². The van der Waals surface area contributed by atoms with Gasteiger partial charge in [0.2, 0.25) is 5.82 Å². The van der Waals surface area contributed by atoms with Gasteiger partial charge in [0, 0.05) is 31.0 Å². The topological polar surface area (TPSA) is 94.5 Å². The Bertz CT molecular complexity index is 847. The summed E-state index contributed by atoms with van der Waals surface area (Å²) in [5.74, 6) is 1.15. The number of amides is 1. The van der Waals surface area contributed by atoms with E-state index in [1.807, 2.05) is 12.1 Å². The van der Waals surface area contributed by atoms with Crippen LogP contribution in [0.2, 0.25) is 0 Å². The van der Waals surface area contributed by atoms with E-state index in [4.69, 9.17) is 13.7 Å². The Hall–Kier alpha value is -3.00. The molecule has 1 aliphatic heterocycles. The zero-order valence-electron chi connectivity index (χ0n) is 14.1. The molecule has 0 radical (unpaired) electrons. The lowest BCUT2D eigenvalue weighted by molar-refractivity contribution is -0.0160. The molecule has 1 aliphatic rings. The van der Waals surface area contributed by atoms with E-state index >= 15 is 0 Å². The third-order valence-corrected chi connectivity index (χ3v) is 4.25. The highest BCUT2D eigenvalue weighted by Gasteiger charge is 2.26. The number of hydrogen-bond acceptors (Lipinski definition) is 7. The first kappa shape index (κ1) is 16.5. The molecule has 8 nitrogen and oxygen atoms in total. The van der Waals surface area contributed by atoms with Crippen molar-refractivity contribution >= 4 is 5.91 Å². The Morgan fingerprint density at radius 1 is 1.31 bits per heavy atom. The first-order chi connectivity index (χ1) is 12.8. The number of furan rings is 1. The lowest BCUT2D eigenvalue weighted by Crippen LogP contribution is -2.43. The Balaban J connectivity index is 1.33. The van der Waals surface area contributed by atoms with E-state index in [1.54, 1.807) is 29.4 Å². The van der Waals surface area contributed by atoms with Crippen LogP contribution in [0.15, 0.2) is 51.9 Å². The number of likely N-dealkylation sites (tertiary alicyclic amines) is 1. The number of ether oxygens (including phenoxy) is 1. The minimum Gasteiger partial charge on any atom is -0.459 e. The van der Waals surface area contributed by atoms with E-state index in [0.29, 0.717) is 30.6 Å². The van der Waals surface area contributed by atoms with Crippen molar-refractivity contribution in [2.45, 2.75) is 25.6 Å². The first-order valence-corrected chi connectivity index (χ1v) is 8.47. The normalized spacial score (nSPS) is 17.4. The van der Waals surface area contributed by atoms with Gasteiger partial charge in [-0.05, 0) is 37.1 Å². The van der Waals surface area contributed by atoms with Gasteiger partial charge in [0.25, 0.3) is 11.8 Å². The zero-order valence-corrected chi connectivity index (χ0v) is 14.1. The van der Waals surface area contributed by atoms with Gasteiger partial charge >= 0.3 is 0 Å². The average molecular weight is 354 g/mol. The SMILES string of the molecule is O=C(c1ccco1)N1CCC[C@@H](OCc2nc(-c3ccncc3)no2)C1. The number of hydrogen-bond donors (Lipinski definition) is 0. The molecule has 1 amide bonds. The van der Waals surface area contributed by atoms with Crippen LogP contribution in [0.5, 0.6) is 0 Å². The molecule has 1 fully saturated rings. The Morgan fingerprint density at radius 3 is 3.00 bits per heavy atom. The predicted octanol–water partition coefficient (Wildman–Crippen LogP) is 2.55. The van der Waals surface area contributed by atoms with Gasteiger partial charge in [0.05, 0.1) is 12.4 Å². The van der Waals surface area contributed by atoms with E-state index in [2.05, 4.69) is 15.1 Å². The molecule has 0 aliphatic carbocycles. The number of carbonyl (C=O) groups is 1. The van der Waals surface area contributed by atoms with Crippen LogP contribution in [0.25, 0.3) is 11.4 Å². The van der Waals surface area contributed by atoms with Gasteiger partial charge in [-0.15, -0.1) is 0 Å². The Labute approximate surface area is 149 Å². The number of piperidine rings is 1. The Morgan fingerprint density at radius 2 is 2.19 bits per heavy atom. The van der Waals surface area contributed by atoms with Crippen molar-refractivity contribution in [2.75, 3.05) is 13.1 Å². The summed E-state index contributed by atoms with van der Waals surface area (Å²) < 4.78 is 16.3. The zero-order chi connectivity index (χ0) is 17.8. The van der Waals surface area contributed by atoms with Crippen molar-refractivity contribution in [3.8, 4) is 11.4 Å². The van der Waals surface area contributed by atoms with Crippen molar-refractivity contribution in [3.05, 3.63) is 54.6 Å². The van der Waals surface area contributed by atoms with Gasteiger partial charge < -0.3 is 18.6 Å². The molecule has 3 aromatic rings. The smallest absolute Gasteiger partial charge is 0.289 e. The number of aromatic nitrogens is 3. The minimum absolute atomic E-state index is 0.0704. The summed E-state index contributed by atoms with van der Waals surface area (Å²) in [7, 11) is 0. The van der Waals surface area contributed by atoms with Crippen LogP contribution >= 0.6 is 0 Å². The molecule has 3 aromatic heterocycles. The summed E-state index contributed by atoms with van der Waals surface area (Å²) in [6.07, 6.45) is 6.54. The van der Waals surface area contributed by atoms with Gasteiger partial charge in [-0.2, -0.15) is 4.98 Å². The summed E-state index contributed by atoms with van der Waals surface area (Å²) in [4.78, 5) is 22.4. The molecule has 134 valence electrons. The highest BCUT2D eigenvalue weighted by Crippen LogP contribution is 2.19. The molecule has 0 N–H and O–H groups in total. The minimum atomic E-state index is -0.110. The van der Waals surface area contributed by atoms with E-state index in [1.165, 1.54) is 6.26 Å². The molecule has 4 heterocycles. The van der Waals surface area contributed by atoms with E-state index in [9.17, 15) is 4.79 Å². The number of pyridine rings is 1. The molecule has 0 spiro atoms. The third kappa shape index (κ3) is 3.65. The molecule has 0 unspecified atom stereocenters. The van der Waals surface area contributed by atoms with Crippen LogP contribution in [0, 0.1) is 0 Å². The van der Waals surface area contributed by atoms with Gasteiger partial charge in [-0.1, -0.05) is 5.16 Å². The molecule has 1 saturated heterocycles. The lowest BCUT2D eigenvalue weighted by Gasteiger charge is -2.31. The molecule has 26 heavy (non-hydrogen) atoms. The quantitative estimate of drug-likeness (QED) is 0.695. The molecule has 4 rings (SSSR count). The van der Waals surface area contributed by atoms with Gasteiger partial charge in [0.1, 0.15) is 6.61 Å². The van der Waals surface area contributed by atoms with Crippen LogP contribution in [-0.2, 0) is 11.3 Å². The maximum Gasteiger partial charge on any atom is 0.289 e. The molecule has 8 heteroatoms. The Kier molecular flexibility index (Phi) is 4.74. The van der Waals surface area contributed by atoms with E-state index < -0.39 is 0 Å². The predicted molar refractivity (Wildman–Crippen MR) is 90.0 cm³/mol. The van der Waals surface area contributed by atoms with Crippen molar-refractivity contribution < 1.29 is 18.5 Å². The second-order valence-electron chi connectivity index (χ2n) is 6.05. The van der Waals surface area contributed by atoms with Gasteiger partial charge in [0.15, 0.2) is 5.76 Å². The number of nitrogens with zero attached hydrogens (tertiary/aromatic N) is 4. The summed E-state index contributed by atoms with van der Waals surface area (Å²) in [6, 6.07) is 7.01. The summed E-state index contributed by atoms with van der Waals surface area (Å²) in [5.41, 5.74) is 0.836. The standard InChI is InChI=1S/C18H18N4O4/c23-18(15-4-2-10-24-15)22-9-1-3-14(11-22)25-12-16-20-17(21-26-16)13-5-7-19-8-6-13/h2,4-8,10,14H,1,3,9,11-12H2/t14-/m1/s1. The van der Waals surface area contributed by atoms with Crippen molar-refractivity contribution in [1.82, 2.24) is 20.0 Å². The fraction of sp³-hybridized carbons (Fsp3) is 0.333. The fourth-order valence-electron chi connectivity index (χ4n) is 2.94. The second kappa shape index (κ2) is 7.49. The lowest BCUT2D eigenvalue weighted by atomic mass is 10.1. The largest absolute Gasteiger partial charge is 0.459 e. The van der Waals surface area contributed by atoms with Gasteiger partial charge in [-0.3, -0.25) is 9.78 Å². The van der Waals surface area contributed by atoms with Crippen LogP contribution in [0.1, 0.15) is 29.3 Å². The van der Waals surface area contributed by atoms with Crippen molar-refractivity contribution in [1.29, 1.82) is 0 Å². The first-order valence-electron chi connectivity index (χ1n) is 8.47. The third-order valence-electron chi connectivity index (χ3n) is 4.25. The van der Waals surface area contributed by atoms with Gasteiger partial charge in [-0.25, -0.2) is 0 Å². The average Bonchev–Trinajstić information content (AvgIpc) is 3.39. The number of rotatable bonds is 5. The molecule has 0 aromatic carbocycles. The molecule has 0 saturated carbocycles. The monoisotopic (exact) mass is 354 g/mol. The van der Waals surface area contributed by atoms with Crippen LogP contribution in [-0.4, -0.2) is 45.1 Å². The summed E-state index contributed by atoms with van der Waals surface area (Å²) >= 11 is 0. The van der Waals surface area contributed by atoms with E-state index in [0.717, 1.165) is 18.4 Å². The second-order valence-corrected chi connectivity index (χ2v) is 6.05. The highest BCUT2D eigenvalue weighted by atomic mass is 16.5.